The fourth-order valence-electron chi connectivity index (χ4n) is 1.52. The van der Waals surface area contributed by atoms with Gasteiger partial charge in [-0.3, -0.25) is 0 Å². The van der Waals surface area contributed by atoms with E-state index in [0.29, 0.717) is 5.82 Å². The molecule has 0 aliphatic carbocycles. The van der Waals surface area contributed by atoms with Crippen LogP contribution in [0.1, 0.15) is 16.1 Å². The van der Waals surface area contributed by atoms with Crippen molar-refractivity contribution in [3.8, 4) is 0 Å². The Morgan fingerprint density at radius 2 is 1.89 bits per heavy atom. The summed E-state index contributed by atoms with van der Waals surface area (Å²) < 4.78 is 0. The summed E-state index contributed by atoms with van der Waals surface area (Å²) in [5, 5.41) is 19.2. The first-order chi connectivity index (χ1) is 8.75. The fraction of sp³-hybridized carbons (Fsp3) is 0.154. The third-order valence-corrected chi connectivity index (χ3v) is 2.45. The standard InChI is InChI=1S/C13H13N3O2/c17-13(18)11-6-7-12(16-15-11)14-9-8-10-4-2-1-3-5-10/h1-7H,8-9H2,(H,14,16)(H,17,18). The minimum Gasteiger partial charge on any atom is -0.476 e. The second-order valence-electron chi connectivity index (χ2n) is 3.77. The first-order valence-electron chi connectivity index (χ1n) is 5.60. The summed E-state index contributed by atoms with van der Waals surface area (Å²) in [5.74, 6) is -0.491. The van der Waals surface area contributed by atoms with Crippen molar-refractivity contribution < 1.29 is 9.90 Å². The monoisotopic (exact) mass is 243 g/mol. The molecule has 2 aromatic rings. The van der Waals surface area contributed by atoms with Crippen molar-refractivity contribution in [1.82, 2.24) is 10.2 Å². The summed E-state index contributed by atoms with van der Waals surface area (Å²) in [4.78, 5) is 10.6. The minimum absolute atomic E-state index is 0.0522. The quantitative estimate of drug-likeness (QED) is 0.838. The predicted octanol–water partition coefficient (Wildman–Crippen LogP) is 1.83. The van der Waals surface area contributed by atoms with Gasteiger partial charge in [0.2, 0.25) is 0 Å². The first kappa shape index (κ1) is 12.0. The van der Waals surface area contributed by atoms with Gasteiger partial charge in [0.05, 0.1) is 0 Å². The molecular weight excluding hydrogens is 230 g/mol. The number of hydrogen-bond acceptors (Lipinski definition) is 4. The van der Waals surface area contributed by atoms with Crippen LogP contribution in [0, 0.1) is 0 Å². The van der Waals surface area contributed by atoms with Crippen LogP contribution in [0.3, 0.4) is 0 Å². The molecule has 0 radical (unpaired) electrons. The molecule has 1 aromatic carbocycles. The van der Waals surface area contributed by atoms with Crippen molar-refractivity contribution in [2.75, 3.05) is 11.9 Å². The van der Waals surface area contributed by atoms with Crippen molar-refractivity contribution in [1.29, 1.82) is 0 Å². The molecule has 0 fully saturated rings. The predicted molar refractivity (Wildman–Crippen MR) is 67.6 cm³/mol. The van der Waals surface area contributed by atoms with Crippen LogP contribution in [-0.4, -0.2) is 27.8 Å². The summed E-state index contributed by atoms with van der Waals surface area (Å²) in [7, 11) is 0. The number of rotatable bonds is 5. The van der Waals surface area contributed by atoms with Crippen molar-refractivity contribution in [2.45, 2.75) is 6.42 Å². The Morgan fingerprint density at radius 1 is 1.11 bits per heavy atom. The van der Waals surface area contributed by atoms with Crippen molar-refractivity contribution in [3.63, 3.8) is 0 Å². The number of aromatic carboxylic acids is 1. The Bertz CT molecular complexity index is 512. The van der Waals surface area contributed by atoms with Gasteiger partial charge in [0.1, 0.15) is 5.82 Å². The van der Waals surface area contributed by atoms with Crippen LogP contribution in [-0.2, 0) is 6.42 Å². The summed E-state index contributed by atoms with van der Waals surface area (Å²) in [6.45, 7) is 0.727. The number of nitrogens with zero attached hydrogens (tertiary/aromatic N) is 2. The molecule has 5 heteroatoms. The Kier molecular flexibility index (Phi) is 3.86. The topological polar surface area (TPSA) is 75.1 Å². The zero-order valence-electron chi connectivity index (χ0n) is 9.71. The summed E-state index contributed by atoms with van der Waals surface area (Å²) in [6.07, 6.45) is 0.878. The lowest BCUT2D eigenvalue weighted by molar-refractivity contribution is 0.0689. The second kappa shape index (κ2) is 5.77. The molecule has 1 aromatic heterocycles. The molecule has 2 N–H and O–H groups in total. The van der Waals surface area contributed by atoms with E-state index in [1.54, 1.807) is 6.07 Å². The van der Waals surface area contributed by atoms with E-state index in [4.69, 9.17) is 5.11 Å². The Balaban J connectivity index is 1.85. The maximum Gasteiger partial charge on any atom is 0.356 e. The van der Waals surface area contributed by atoms with E-state index in [2.05, 4.69) is 27.6 Å². The number of nitrogens with one attached hydrogen (secondary N) is 1. The third kappa shape index (κ3) is 3.28. The molecule has 0 atom stereocenters. The van der Waals surface area contributed by atoms with Crippen molar-refractivity contribution >= 4 is 11.8 Å². The lowest BCUT2D eigenvalue weighted by Gasteiger charge is -2.04. The van der Waals surface area contributed by atoms with Crippen LogP contribution >= 0.6 is 0 Å². The molecular formula is C13H13N3O2. The summed E-state index contributed by atoms with van der Waals surface area (Å²) in [5.41, 5.74) is 1.18. The van der Waals surface area contributed by atoms with Gasteiger partial charge in [-0.25, -0.2) is 4.79 Å². The number of aromatic nitrogens is 2. The molecule has 0 amide bonds. The highest BCUT2D eigenvalue weighted by Gasteiger charge is 2.04. The van der Waals surface area contributed by atoms with Gasteiger partial charge in [-0.15, -0.1) is 10.2 Å². The first-order valence-corrected chi connectivity index (χ1v) is 5.60. The van der Waals surface area contributed by atoms with E-state index in [1.165, 1.54) is 11.6 Å². The van der Waals surface area contributed by atoms with Gasteiger partial charge in [-0.1, -0.05) is 30.3 Å². The fourth-order valence-corrected chi connectivity index (χ4v) is 1.52. The third-order valence-electron chi connectivity index (χ3n) is 2.45. The SMILES string of the molecule is O=C(O)c1ccc(NCCc2ccccc2)nn1. The van der Waals surface area contributed by atoms with Gasteiger partial charge >= 0.3 is 5.97 Å². The van der Waals surface area contributed by atoms with E-state index < -0.39 is 5.97 Å². The Morgan fingerprint density at radius 3 is 2.50 bits per heavy atom. The smallest absolute Gasteiger partial charge is 0.356 e. The molecule has 2 rings (SSSR count). The maximum atomic E-state index is 10.6. The van der Waals surface area contributed by atoms with Gasteiger partial charge in [0.25, 0.3) is 0 Å². The number of carbonyl (C=O) groups is 1. The molecule has 0 aliphatic heterocycles. The number of carboxylic acids is 1. The van der Waals surface area contributed by atoms with E-state index in [0.717, 1.165) is 13.0 Å². The van der Waals surface area contributed by atoms with Crippen molar-refractivity contribution in [2.24, 2.45) is 0 Å². The van der Waals surface area contributed by atoms with Gasteiger partial charge < -0.3 is 10.4 Å². The number of benzene rings is 1. The Hall–Kier alpha value is -2.43. The maximum absolute atomic E-state index is 10.6. The molecule has 0 bridgehead atoms. The molecule has 0 saturated carbocycles. The van der Waals surface area contributed by atoms with Gasteiger partial charge in [0.15, 0.2) is 5.69 Å². The molecule has 0 spiro atoms. The van der Waals surface area contributed by atoms with E-state index >= 15 is 0 Å². The van der Waals surface area contributed by atoms with Gasteiger partial charge in [-0.05, 0) is 24.1 Å². The number of hydrogen-bond donors (Lipinski definition) is 2. The van der Waals surface area contributed by atoms with Crippen LogP contribution in [0.4, 0.5) is 5.82 Å². The largest absolute Gasteiger partial charge is 0.476 e. The van der Waals surface area contributed by atoms with Crippen LogP contribution in [0.15, 0.2) is 42.5 Å². The van der Waals surface area contributed by atoms with Gasteiger partial charge in [-0.2, -0.15) is 0 Å². The van der Waals surface area contributed by atoms with Crippen LogP contribution in [0.25, 0.3) is 0 Å². The van der Waals surface area contributed by atoms with Crippen LogP contribution in [0.5, 0.6) is 0 Å². The van der Waals surface area contributed by atoms with Crippen LogP contribution < -0.4 is 5.32 Å². The summed E-state index contributed by atoms with van der Waals surface area (Å²) in [6, 6.07) is 13.1. The zero-order chi connectivity index (χ0) is 12.8. The van der Waals surface area contributed by atoms with E-state index in [9.17, 15) is 4.79 Å². The molecule has 0 unspecified atom stereocenters. The van der Waals surface area contributed by atoms with Gasteiger partial charge in [0, 0.05) is 6.54 Å². The average Bonchev–Trinajstić information content (AvgIpc) is 2.40. The highest BCUT2D eigenvalue weighted by molar-refractivity contribution is 5.85. The molecule has 18 heavy (non-hydrogen) atoms. The second-order valence-corrected chi connectivity index (χ2v) is 3.77. The minimum atomic E-state index is -1.07. The lowest BCUT2D eigenvalue weighted by atomic mass is 10.1. The average molecular weight is 243 g/mol. The number of anilines is 1. The van der Waals surface area contributed by atoms with Crippen molar-refractivity contribution in [3.05, 3.63) is 53.7 Å². The normalized spacial score (nSPS) is 10.0. The highest BCUT2D eigenvalue weighted by atomic mass is 16.4. The lowest BCUT2D eigenvalue weighted by Crippen LogP contribution is -2.08. The van der Waals surface area contributed by atoms with E-state index in [-0.39, 0.29) is 5.69 Å². The molecule has 92 valence electrons. The molecule has 0 aliphatic rings. The van der Waals surface area contributed by atoms with E-state index in [1.807, 2.05) is 18.2 Å². The zero-order valence-corrected chi connectivity index (χ0v) is 9.71. The summed E-state index contributed by atoms with van der Waals surface area (Å²) >= 11 is 0. The molecule has 5 nitrogen and oxygen atoms in total. The molecule has 1 heterocycles. The highest BCUT2D eigenvalue weighted by Crippen LogP contribution is 2.04. The molecule has 0 saturated heterocycles. The Labute approximate surface area is 104 Å². The number of carboxylic acid groups (broad SMARTS) is 1. The van der Waals surface area contributed by atoms with Crippen LogP contribution in [0.2, 0.25) is 0 Å².